The summed E-state index contributed by atoms with van der Waals surface area (Å²) in [5.74, 6) is 0.875. The van der Waals surface area contributed by atoms with Crippen LogP contribution < -0.4 is 10.1 Å². The summed E-state index contributed by atoms with van der Waals surface area (Å²) < 4.78 is 7.89. The minimum atomic E-state index is -0.0940. The molecule has 1 aliphatic heterocycles. The van der Waals surface area contributed by atoms with Gasteiger partial charge in [0.2, 0.25) is 0 Å². The predicted molar refractivity (Wildman–Crippen MR) is 65.5 cm³/mol. The molecule has 1 aromatic carbocycles. The number of aromatic nitrogens is 2. The molecule has 88 valence electrons. The molecule has 0 saturated carbocycles. The summed E-state index contributed by atoms with van der Waals surface area (Å²) in [6.07, 6.45) is 3.69. The van der Waals surface area contributed by atoms with Crippen LogP contribution in [0.25, 0.3) is 5.69 Å². The van der Waals surface area contributed by atoms with Crippen molar-refractivity contribution in [3.63, 3.8) is 0 Å². The molecule has 2 aromatic rings. The molecule has 0 unspecified atom stereocenters. The molecule has 1 aliphatic rings. The zero-order valence-electron chi connectivity index (χ0n) is 9.76. The fraction of sp³-hybridized carbons (Fsp3) is 0.308. The average molecular weight is 229 g/mol. The molecule has 4 heteroatoms. The topological polar surface area (TPSA) is 39.1 Å². The Bertz CT molecular complexity index is 503. The molecule has 1 N–H and O–H groups in total. The van der Waals surface area contributed by atoms with Crippen LogP contribution >= 0.6 is 0 Å². The lowest BCUT2D eigenvalue weighted by molar-refractivity contribution is 0.0347. The van der Waals surface area contributed by atoms with Gasteiger partial charge >= 0.3 is 0 Å². The smallest absolute Gasteiger partial charge is 0.145 e. The highest BCUT2D eigenvalue weighted by atomic mass is 16.5. The fourth-order valence-corrected chi connectivity index (χ4v) is 1.96. The van der Waals surface area contributed by atoms with E-state index < -0.39 is 0 Å². The number of hydrogen-bond acceptors (Lipinski definition) is 3. The van der Waals surface area contributed by atoms with Crippen LogP contribution in [-0.2, 0) is 0 Å². The Morgan fingerprint density at radius 3 is 2.76 bits per heavy atom. The third-order valence-corrected chi connectivity index (χ3v) is 2.97. The van der Waals surface area contributed by atoms with Gasteiger partial charge in [-0.05, 0) is 25.1 Å². The van der Waals surface area contributed by atoms with Gasteiger partial charge in [0.05, 0.1) is 0 Å². The van der Waals surface area contributed by atoms with Crippen molar-refractivity contribution in [1.29, 1.82) is 0 Å². The van der Waals surface area contributed by atoms with Gasteiger partial charge in [-0.25, -0.2) is 4.68 Å². The van der Waals surface area contributed by atoms with Crippen molar-refractivity contribution < 1.29 is 4.74 Å². The molecule has 0 bridgehead atoms. The molecule has 0 amide bonds. The van der Waals surface area contributed by atoms with E-state index in [1.54, 1.807) is 6.20 Å². The number of para-hydroxylation sites is 2. The molecule has 0 atom stereocenters. The molecule has 3 rings (SSSR count). The van der Waals surface area contributed by atoms with Gasteiger partial charge in [-0.15, -0.1) is 0 Å². The van der Waals surface area contributed by atoms with E-state index in [0.29, 0.717) is 0 Å². The first-order valence-electron chi connectivity index (χ1n) is 5.76. The molecule has 1 fully saturated rings. The summed E-state index contributed by atoms with van der Waals surface area (Å²) in [7, 11) is 0. The number of ether oxygens (including phenoxy) is 1. The molecule has 4 nitrogen and oxygen atoms in total. The van der Waals surface area contributed by atoms with Crippen molar-refractivity contribution in [3.05, 3.63) is 42.7 Å². The van der Waals surface area contributed by atoms with Crippen LogP contribution in [0.4, 0.5) is 0 Å². The normalized spacial score (nSPS) is 17.5. The van der Waals surface area contributed by atoms with E-state index in [1.165, 1.54) is 0 Å². The monoisotopic (exact) mass is 229 g/mol. The Hall–Kier alpha value is -1.81. The van der Waals surface area contributed by atoms with Gasteiger partial charge in [-0.2, -0.15) is 5.10 Å². The predicted octanol–water partition coefficient (Wildman–Crippen LogP) is 1.61. The lowest BCUT2D eigenvalue weighted by Crippen LogP contribution is -2.61. The first-order valence-corrected chi connectivity index (χ1v) is 5.76. The van der Waals surface area contributed by atoms with Crippen LogP contribution in [0.5, 0.6) is 5.75 Å². The van der Waals surface area contributed by atoms with E-state index in [1.807, 2.05) is 41.2 Å². The third-order valence-electron chi connectivity index (χ3n) is 2.97. The number of hydrogen-bond donors (Lipinski definition) is 1. The summed E-state index contributed by atoms with van der Waals surface area (Å²) >= 11 is 0. The van der Waals surface area contributed by atoms with Crippen molar-refractivity contribution in [2.45, 2.75) is 12.5 Å². The van der Waals surface area contributed by atoms with E-state index in [0.717, 1.165) is 24.5 Å². The van der Waals surface area contributed by atoms with Crippen molar-refractivity contribution in [2.75, 3.05) is 13.1 Å². The first kappa shape index (κ1) is 10.4. The second-order valence-electron chi connectivity index (χ2n) is 4.57. The van der Waals surface area contributed by atoms with Crippen molar-refractivity contribution in [3.8, 4) is 11.4 Å². The van der Waals surface area contributed by atoms with Crippen molar-refractivity contribution in [2.24, 2.45) is 0 Å². The van der Waals surface area contributed by atoms with Gasteiger partial charge < -0.3 is 10.1 Å². The minimum Gasteiger partial charge on any atom is -0.483 e. The lowest BCUT2D eigenvalue weighted by atomic mass is 10.00. The van der Waals surface area contributed by atoms with Gasteiger partial charge in [-0.1, -0.05) is 12.1 Å². The fourth-order valence-electron chi connectivity index (χ4n) is 1.96. The van der Waals surface area contributed by atoms with Gasteiger partial charge in [0.25, 0.3) is 0 Å². The molecule has 0 spiro atoms. The van der Waals surface area contributed by atoms with Crippen LogP contribution in [0, 0.1) is 0 Å². The number of nitrogens with one attached hydrogen (secondary N) is 1. The number of benzene rings is 1. The highest BCUT2D eigenvalue weighted by molar-refractivity contribution is 5.46. The average Bonchev–Trinajstić information content (AvgIpc) is 2.81. The Balaban J connectivity index is 1.94. The van der Waals surface area contributed by atoms with E-state index in [4.69, 9.17) is 4.74 Å². The van der Waals surface area contributed by atoms with Crippen molar-refractivity contribution >= 4 is 0 Å². The summed E-state index contributed by atoms with van der Waals surface area (Å²) in [4.78, 5) is 0. The van der Waals surface area contributed by atoms with Gasteiger partial charge in [-0.3, -0.25) is 0 Å². The molecule has 0 radical (unpaired) electrons. The second-order valence-corrected chi connectivity index (χ2v) is 4.57. The minimum absolute atomic E-state index is 0.0940. The maximum Gasteiger partial charge on any atom is 0.145 e. The summed E-state index contributed by atoms with van der Waals surface area (Å²) in [5.41, 5.74) is 0.883. The molecular weight excluding hydrogens is 214 g/mol. The highest BCUT2D eigenvalue weighted by Gasteiger charge is 2.34. The van der Waals surface area contributed by atoms with Crippen LogP contribution in [0.15, 0.2) is 42.7 Å². The van der Waals surface area contributed by atoms with Crippen LogP contribution in [0.1, 0.15) is 6.92 Å². The van der Waals surface area contributed by atoms with E-state index >= 15 is 0 Å². The molecule has 0 aliphatic carbocycles. The number of nitrogens with zero attached hydrogens (tertiary/aromatic N) is 2. The highest BCUT2D eigenvalue weighted by Crippen LogP contribution is 2.27. The zero-order valence-corrected chi connectivity index (χ0v) is 9.76. The summed E-state index contributed by atoms with van der Waals surface area (Å²) in [6, 6.07) is 9.88. The summed E-state index contributed by atoms with van der Waals surface area (Å²) in [5, 5.41) is 7.47. The van der Waals surface area contributed by atoms with Gasteiger partial charge in [0.1, 0.15) is 17.0 Å². The zero-order chi connectivity index (χ0) is 11.7. The summed E-state index contributed by atoms with van der Waals surface area (Å²) in [6.45, 7) is 3.89. The van der Waals surface area contributed by atoms with E-state index in [9.17, 15) is 0 Å². The van der Waals surface area contributed by atoms with Gasteiger partial charge in [0.15, 0.2) is 0 Å². The molecule has 1 saturated heterocycles. The van der Waals surface area contributed by atoms with Crippen LogP contribution in [0.2, 0.25) is 0 Å². The Morgan fingerprint density at radius 2 is 2.12 bits per heavy atom. The second kappa shape index (κ2) is 3.89. The van der Waals surface area contributed by atoms with Crippen molar-refractivity contribution in [1.82, 2.24) is 15.1 Å². The standard InChI is InChI=1S/C13H15N3O/c1-13(9-14-10-13)17-12-6-3-2-5-11(12)16-8-4-7-15-16/h2-8,14H,9-10H2,1H3. The first-order chi connectivity index (χ1) is 8.27. The Labute approximate surface area is 100 Å². The third kappa shape index (κ3) is 1.91. The van der Waals surface area contributed by atoms with Crippen LogP contribution in [-0.4, -0.2) is 28.5 Å². The van der Waals surface area contributed by atoms with E-state index in [2.05, 4.69) is 17.3 Å². The molecule has 1 aromatic heterocycles. The Kier molecular flexibility index (Phi) is 2.37. The number of rotatable bonds is 3. The SMILES string of the molecule is CC1(Oc2ccccc2-n2cccn2)CNC1. The molecule has 17 heavy (non-hydrogen) atoms. The lowest BCUT2D eigenvalue weighted by Gasteiger charge is -2.39. The quantitative estimate of drug-likeness (QED) is 0.869. The molecule has 2 heterocycles. The maximum atomic E-state index is 6.07. The van der Waals surface area contributed by atoms with E-state index in [-0.39, 0.29) is 5.60 Å². The Morgan fingerprint density at radius 1 is 1.29 bits per heavy atom. The largest absolute Gasteiger partial charge is 0.483 e. The maximum absolute atomic E-state index is 6.07. The van der Waals surface area contributed by atoms with Crippen LogP contribution in [0.3, 0.4) is 0 Å². The van der Waals surface area contributed by atoms with Gasteiger partial charge in [0, 0.05) is 25.5 Å². The molecular formula is C13H15N3O.